The van der Waals surface area contributed by atoms with Crippen LogP contribution in [0.15, 0.2) is 39.7 Å². The lowest BCUT2D eigenvalue weighted by Crippen LogP contribution is -2.42. The summed E-state index contributed by atoms with van der Waals surface area (Å²) in [5.74, 6) is 0.118. The summed E-state index contributed by atoms with van der Waals surface area (Å²) in [5, 5.41) is 10.4. The fourth-order valence-corrected chi connectivity index (χ4v) is 3.65. The Morgan fingerprint density at radius 1 is 1.50 bits per heavy atom. The molecule has 0 aliphatic heterocycles. The van der Waals surface area contributed by atoms with E-state index >= 15 is 0 Å². The van der Waals surface area contributed by atoms with Crippen molar-refractivity contribution in [2.45, 2.75) is 45.6 Å². The molecule has 0 amide bonds. The monoisotopic (exact) mass is 272 g/mol. The van der Waals surface area contributed by atoms with E-state index in [4.69, 9.17) is 4.42 Å². The van der Waals surface area contributed by atoms with Crippen molar-refractivity contribution in [2.24, 2.45) is 5.41 Å². The minimum atomic E-state index is -0.359. The summed E-state index contributed by atoms with van der Waals surface area (Å²) in [6.07, 6.45) is 8.10. The number of carbonyl (C=O) groups excluding carboxylic acids is 1. The number of carbonyl (C=O) groups is 1. The number of aliphatic hydroxyl groups is 1. The molecule has 1 fully saturated rings. The number of hydrogen-bond donors (Lipinski definition) is 1. The molecule has 0 aromatic carbocycles. The van der Waals surface area contributed by atoms with Gasteiger partial charge in [-0.2, -0.15) is 0 Å². The number of Topliss-reactive ketones (excluding diaryl/α,β-unsaturated/α-hetero) is 1. The molecule has 2 atom stereocenters. The van der Waals surface area contributed by atoms with E-state index in [0.717, 1.165) is 41.5 Å². The molecule has 0 radical (unpaired) electrons. The smallest absolute Gasteiger partial charge is 0.184 e. The Labute approximate surface area is 119 Å². The molecule has 1 heterocycles. The van der Waals surface area contributed by atoms with Crippen molar-refractivity contribution in [3.63, 3.8) is 0 Å². The SMILES string of the molecule is CC1=C2CCC[C@H](O)[C@@]2(C)CC(=Cc2ccoc2)C1=O. The molecule has 1 aromatic heterocycles. The molecule has 106 valence electrons. The van der Waals surface area contributed by atoms with E-state index in [-0.39, 0.29) is 17.3 Å². The van der Waals surface area contributed by atoms with Gasteiger partial charge >= 0.3 is 0 Å². The summed E-state index contributed by atoms with van der Waals surface area (Å²) < 4.78 is 5.05. The van der Waals surface area contributed by atoms with Gasteiger partial charge in [-0.15, -0.1) is 0 Å². The molecule has 0 saturated heterocycles. The van der Waals surface area contributed by atoms with Crippen LogP contribution in [0.25, 0.3) is 6.08 Å². The molecule has 2 aliphatic carbocycles. The Morgan fingerprint density at radius 3 is 3.00 bits per heavy atom. The summed E-state index contributed by atoms with van der Waals surface area (Å²) in [7, 11) is 0. The lowest BCUT2D eigenvalue weighted by Gasteiger charge is -2.45. The van der Waals surface area contributed by atoms with Crippen LogP contribution >= 0.6 is 0 Å². The molecule has 3 rings (SSSR count). The molecular weight excluding hydrogens is 252 g/mol. The number of rotatable bonds is 1. The molecule has 0 unspecified atom stereocenters. The highest BCUT2D eigenvalue weighted by molar-refractivity contribution is 6.12. The lowest BCUT2D eigenvalue weighted by molar-refractivity contribution is -0.113. The maximum atomic E-state index is 12.5. The fourth-order valence-electron chi connectivity index (χ4n) is 3.65. The molecule has 1 N–H and O–H groups in total. The largest absolute Gasteiger partial charge is 0.472 e. The van der Waals surface area contributed by atoms with Crippen molar-refractivity contribution in [3.8, 4) is 0 Å². The Kier molecular flexibility index (Phi) is 3.17. The molecule has 3 nitrogen and oxygen atoms in total. The van der Waals surface area contributed by atoms with Crippen LogP contribution in [0.3, 0.4) is 0 Å². The number of fused-ring (bicyclic) bond motifs is 1. The van der Waals surface area contributed by atoms with Gasteiger partial charge in [-0.3, -0.25) is 4.79 Å². The summed E-state index contributed by atoms with van der Waals surface area (Å²) in [5.41, 5.74) is 3.37. The van der Waals surface area contributed by atoms with Crippen molar-refractivity contribution in [1.82, 2.24) is 0 Å². The van der Waals surface area contributed by atoms with Crippen LogP contribution < -0.4 is 0 Å². The lowest BCUT2D eigenvalue weighted by atomic mass is 9.61. The van der Waals surface area contributed by atoms with Gasteiger partial charge < -0.3 is 9.52 Å². The van der Waals surface area contributed by atoms with E-state index in [1.54, 1.807) is 12.5 Å². The number of ketones is 1. The molecule has 20 heavy (non-hydrogen) atoms. The molecule has 0 bridgehead atoms. The van der Waals surface area contributed by atoms with Crippen molar-refractivity contribution in [2.75, 3.05) is 0 Å². The van der Waals surface area contributed by atoms with Gasteiger partial charge in [-0.1, -0.05) is 12.5 Å². The Bertz CT molecular complexity index is 592. The van der Waals surface area contributed by atoms with E-state index in [0.29, 0.717) is 6.42 Å². The van der Waals surface area contributed by atoms with Gasteiger partial charge in [0.15, 0.2) is 5.78 Å². The molecule has 1 saturated carbocycles. The van der Waals surface area contributed by atoms with E-state index < -0.39 is 0 Å². The molecule has 1 aromatic rings. The predicted octanol–water partition coefficient (Wildman–Crippen LogP) is 3.50. The van der Waals surface area contributed by atoms with Gasteiger partial charge in [-0.05, 0) is 50.3 Å². The van der Waals surface area contributed by atoms with Crippen LogP contribution in [-0.4, -0.2) is 17.0 Å². The van der Waals surface area contributed by atoms with Crippen LogP contribution in [0.4, 0.5) is 0 Å². The number of allylic oxidation sites excluding steroid dienone is 2. The Balaban J connectivity index is 2.06. The van der Waals surface area contributed by atoms with Gasteiger partial charge in [0.2, 0.25) is 0 Å². The van der Waals surface area contributed by atoms with Crippen molar-refractivity contribution in [1.29, 1.82) is 0 Å². The van der Waals surface area contributed by atoms with E-state index in [1.807, 2.05) is 19.1 Å². The van der Waals surface area contributed by atoms with Crippen LogP contribution in [0.5, 0.6) is 0 Å². The summed E-state index contributed by atoms with van der Waals surface area (Å²) >= 11 is 0. The Hall–Kier alpha value is -1.61. The van der Waals surface area contributed by atoms with Gasteiger partial charge in [0.1, 0.15) is 0 Å². The number of furan rings is 1. The zero-order valence-electron chi connectivity index (χ0n) is 12.0. The second kappa shape index (κ2) is 4.74. The minimum absolute atomic E-state index is 0.118. The first kappa shape index (κ1) is 13.4. The second-order valence-corrected chi connectivity index (χ2v) is 6.16. The minimum Gasteiger partial charge on any atom is -0.472 e. The van der Waals surface area contributed by atoms with E-state index in [9.17, 15) is 9.90 Å². The average molecular weight is 272 g/mol. The highest BCUT2D eigenvalue weighted by Crippen LogP contribution is 2.50. The van der Waals surface area contributed by atoms with Gasteiger partial charge in [0, 0.05) is 16.6 Å². The van der Waals surface area contributed by atoms with Crippen LogP contribution in [-0.2, 0) is 4.79 Å². The quantitative estimate of drug-likeness (QED) is 0.796. The third kappa shape index (κ3) is 1.97. The maximum Gasteiger partial charge on any atom is 0.184 e. The standard InChI is InChI=1S/C17H20O3/c1-11-14-4-3-5-15(18)17(14,2)9-13(16(11)19)8-12-6-7-20-10-12/h6-8,10,15,18H,3-5,9H2,1-2H3/t15-,17-/m0/s1. The van der Waals surface area contributed by atoms with E-state index in [2.05, 4.69) is 6.92 Å². The number of hydrogen-bond acceptors (Lipinski definition) is 3. The van der Waals surface area contributed by atoms with Gasteiger partial charge in [-0.25, -0.2) is 0 Å². The van der Waals surface area contributed by atoms with Crippen molar-refractivity contribution < 1.29 is 14.3 Å². The van der Waals surface area contributed by atoms with E-state index in [1.165, 1.54) is 0 Å². The summed E-state index contributed by atoms with van der Waals surface area (Å²) in [6.45, 7) is 3.99. The first-order valence-electron chi connectivity index (χ1n) is 7.18. The fraction of sp³-hybridized carbons (Fsp3) is 0.471. The molecule has 2 aliphatic rings. The third-order valence-electron chi connectivity index (χ3n) is 4.86. The molecule has 0 spiro atoms. The predicted molar refractivity (Wildman–Crippen MR) is 77.0 cm³/mol. The first-order chi connectivity index (χ1) is 9.52. The first-order valence-corrected chi connectivity index (χ1v) is 7.18. The van der Waals surface area contributed by atoms with Gasteiger partial charge in [0.05, 0.1) is 18.6 Å². The normalized spacial score (nSPS) is 32.6. The Morgan fingerprint density at radius 2 is 2.30 bits per heavy atom. The third-order valence-corrected chi connectivity index (χ3v) is 4.86. The van der Waals surface area contributed by atoms with Crippen LogP contribution in [0, 0.1) is 5.41 Å². The highest BCUT2D eigenvalue weighted by atomic mass is 16.3. The topological polar surface area (TPSA) is 50.4 Å². The van der Waals surface area contributed by atoms with Crippen LogP contribution in [0.1, 0.15) is 45.1 Å². The average Bonchev–Trinajstić information content (AvgIpc) is 2.91. The van der Waals surface area contributed by atoms with Crippen LogP contribution in [0.2, 0.25) is 0 Å². The van der Waals surface area contributed by atoms with Gasteiger partial charge in [0.25, 0.3) is 0 Å². The second-order valence-electron chi connectivity index (χ2n) is 6.16. The zero-order valence-corrected chi connectivity index (χ0v) is 12.0. The van der Waals surface area contributed by atoms with Crippen molar-refractivity contribution in [3.05, 3.63) is 40.9 Å². The molecule has 3 heteroatoms. The zero-order chi connectivity index (χ0) is 14.3. The summed E-state index contributed by atoms with van der Waals surface area (Å²) in [6, 6.07) is 1.84. The van der Waals surface area contributed by atoms with Crippen molar-refractivity contribution >= 4 is 11.9 Å². The molecular formula is C17H20O3. The summed E-state index contributed by atoms with van der Waals surface area (Å²) in [4.78, 5) is 12.5. The maximum absolute atomic E-state index is 12.5. The highest BCUT2D eigenvalue weighted by Gasteiger charge is 2.45. The number of aliphatic hydroxyl groups excluding tert-OH is 1.